The van der Waals surface area contributed by atoms with Gasteiger partial charge >= 0.3 is 24.1 Å². The molecule has 16 nitrogen and oxygen atoms in total. The average Bonchev–Trinajstić information content (AvgIpc) is 3.91. The summed E-state index contributed by atoms with van der Waals surface area (Å²) in [5.74, 6) is -3.29. The molecule has 2 amide bonds. The summed E-state index contributed by atoms with van der Waals surface area (Å²) in [6.45, 7) is 5.60. The van der Waals surface area contributed by atoms with Gasteiger partial charge in [0, 0.05) is 24.7 Å². The molecule has 18 heteroatoms. The van der Waals surface area contributed by atoms with E-state index in [0.717, 1.165) is 35.4 Å². The number of esters is 2. The number of anilines is 2. The van der Waals surface area contributed by atoms with Crippen molar-refractivity contribution in [1.29, 1.82) is 0 Å². The number of amides is 2. The smallest absolute Gasteiger partial charge is 0.414 e. The monoisotopic (exact) mass is 860 g/mol. The second-order valence-corrected chi connectivity index (χ2v) is 17.0. The van der Waals surface area contributed by atoms with Crippen LogP contribution >= 0.6 is 0 Å². The largest absolute Gasteiger partial charge is 0.487 e. The quantitative estimate of drug-likeness (QED) is 0.134. The molecule has 3 fully saturated rings. The highest BCUT2D eigenvalue weighted by Crippen LogP contribution is 2.48. The molecular weight excluding hydrogens is 814 g/mol. The van der Waals surface area contributed by atoms with Gasteiger partial charge in [0.15, 0.2) is 29.2 Å². The number of alkyl carbamates (subject to hydrolysis) is 1. The zero-order valence-electron chi connectivity index (χ0n) is 34.5. The molecule has 62 heavy (non-hydrogen) atoms. The van der Waals surface area contributed by atoms with E-state index < -0.39 is 70.6 Å². The predicted molar refractivity (Wildman–Crippen MR) is 217 cm³/mol. The van der Waals surface area contributed by atoms with Crippen LogP contribution in [0.2, 0.25) is 0 Å². The Balaban J connectivity index is 0.912. The van der Waals surface area contributed by atoms with Crippen LogP contribution in [0.3, 0.4) is 0 Å². The third-order valence-corrected chi connectivity index (χ3v) is 10.9. The van der Waals surface area contributed by atoms with Gasteiger partial charge in [0.05, 0.1) is 35.7 Å². The van der Waals surface area contributed by atoms with Crippen LogP contribution in [0.25, 0.3) is 10.9 Å². The standard InChI is InChI=1S/C44H46F2N4O12/c1-24(47-41(54)62-43(2,3)4)39(52)59-21-29-17-49(42(55)61-29)27-12-13-34(32(45)14-27)60-23-44(56)16-28-20-57-38-35-30(15-33(46)36(38)50(28)22-44)37(51)31(18-48(35)26-10-11-26)40(53)58-19-25-8-6-5-7-9-25/h5-9,12-15,18,24,26,28-29,56H,10-11,16-17,19-23H2,1-4H3,(H,47,54)/t24-,28-,29+,44-/m0/s1. The summed E-state index contributed by atoms with van der Waals surface area (Å²) in [6.07, 6.45) is 0.630. The maximum Gasteiger partial charge on any atom is 0.414 e. The van der Waals surface area contributed by atoms with Crippen molar-refractivity contribution >= 4 is 46.4 Å². The van der Waals surface area contributed by atoms with Gasteiger partial charge < -0.3 is 48.3 Å². The Morgan fingerprint density at radius 2 is 1.77 bits per heavy atom. The second kappa shape index (κ2) is 16.4. The number of rotatable bonds is 12. The summed E-state index contributed by atoms with van der Waals surface area (Å²) >= 11 is 0. The first-order chi connectivity index (χ1) is 29.5. The zero-order chi connectivity index (χ0) is 44.1. The predicted octanol–water partition coefficient (Wildman–Crippen LogP) is 5.53. The molecular formula is C44H46F2N4O12. The molecule has 4 aromatic rings. The summed E-state index contributed by atoms with van der Waals surface area (Å²) in [4.78, 5) is 66.9. The maximum absolute atomic E-state index is 16.2. The summed E-state index contributed by atoms with van der Waals surface area (Å²) in [5, 5.41) is 14.1. The molecule has 3 aliphatic heterocycles. The summed E-state index contributed by atoms with van der Waals surface area (Å²) in [7, 11) is 0. The van der Waals surface area contributed by atoms with Crippen LogP contribution in [0.1, 0.15) is 68.9 Å². The fourth-order valence-electron chi connectivity index (χ4n) is 7.84. The van der Waals surface area contributed by atoms with Crippen molar-refractivity contribution in [1.82, 2.24) is 9.88 Å². The molecule has 328 valence electrons. The number of carbonyl (C=O) groups is 4. The van der Waals surface area contributed by atoms with Crippen molar-refractivity contribution in [2.24, 2.45) is 0 Å². The SMILES string of the molecule is C[C@H](NC(=O)OC(C)(C)C)C(=O)OC[C@H]1CN(c2ccc(OC[C@]3(O)C[C@H]4COc5c(c(F)cc6c(=O)c(C(=O)OCc7ccccc7)cn(C7CC7)c56)N4C3)c(F)c2)C(=O)O1. The Labute approximate surface area is 354 Å². The minimum Gasteiger partial charge on any atom is -0.487 e. The molecule has 2 N–H and O–H groups in total. The van der Waals surface area contributed by atoms with Crippen LogP contribution in [0.15, 0.2) is 65.6 Å². The van der Waals surface area contributed by atoms with Crippen LogP contribution in [0, 0.1) is 11.6 Å². The molecule has 4 heterocycles. The normalized spacial score (nSPS) is 21.0. The first-order valence-corrected chi connectivity index (χ1v) is 20.3. The van der Waals surface area contributed by atoms with Crippen LogP contribution in [0.5, 0.6) is 11.5 Å². The molecule has 1 aliphatic carbocycles. The molecule has 3 aromatic carbocycles. The van der Waals surface area contributed by atoms with E-state index in [-0.39, 0.29) is 85.8 Å². The Morgan fingerprint density at radius 3 is 2.48 bits per heavy atom. The van der Waals surface area contributed by atoms with E-state index in [1.165, 1.54) is 25.3 Å². The molecule has 0 bridgehead atoms. The lowest BCUT2D eigenvalue weighted by molar-refractivity contribution is -0.148. The van der Waals surface area contributed by atoms with Gasteiger partial charge in [-0.2, -0.15) is 0 Å². The van der Waals surface area contributed by atoms with Gasteiger partial charge in [-0.3, -0.25) is 9.69 Å². The van der Waals surface area contributed by atoms with Crippen LogP contribution in [0.4, 0.5) is 29.7 Å². The number of hydrogen-bond donors (Lipinski definition) is 2. The molecule has 2 saturated heterocycles. The Hall–Kier alpha value is -6.43. The summed E-state index contributed by atoms with van der Waals surface area (Å²) in [5.41, 5.74) is -1.95. The van der Waals surface area contributed by atoms with Crippen molar-refractivity contribution < 1.29 is 61.5 Å². The number of pyridine rings is 1. The lowest BCUT2D eigenvalue weighted by Crippen LogP contribution is -2.43. The van der Waals surface area contributed by atoms with E-state index in [4.69, 9.17) is 28.4 Å². The number of aliphatic hydroxyl groups is 1. The Morgan fingerprint density at radius 1 is 1.02 bits per heavy atom. The first-order valence-electron chi connectivity index (χ1n) is 20.3. The highest BCUT2D eigenvalue weighted by Gasteiger charge is 2.48. The van der Waals surface area contributed by atoms with Gasteiger partial charge in [0.25, 0.3) is 0 Å². The lowest BCUT2D eigenvalue weighted by Gasteiger charge is -2.34. The molecule has 0 spiro atoms. The van der Waals surface area contributed by atoms with E-state index in [2.05, 4.69) is 5.32 Å². The van der Waals surface area contributed by atoms with E-state index in [9.17, 15) is 29.1 Å². The van der Waals surface area contributed by atoms with Gasteiger partial charge in [-0.25, -0.2) is 28.0 Å². The maximum atomic E-state index is 16.2. The van der Waals surface area contributed by atoms with Crippen LogP contribution in [-0.4, -0.2) is 96.1 Å². The zero-order valence-corrected chi connectivity index (χ0v) is 34.5. The van der Waals surface area contributed by atoms with E-state index >= 15 is 8.78 Å². The average molecular weight is 861 g/mol. The van der Waals surface area contributed by atoms with Gasteiger partial charge in [-0.15, -0.1) is 0 Å². The van der Waals surface area contributed by atoms with Crippen molar-refractivity contribution in [2.45, 2.75) is 89.0 Å². The highest BCUT2D eigenvalue weighted by molar-refractivity contribution is 5.98. The number of nitrogens with one attached hydrogen (secondary N) is 1. The van der Waals surface area contributed by atoms with Crippen molar-refractivity contribution in [3.05, 3.63) is 93.8 Å². The lowest BCUT2D eigenvalue weighted by atomic mass is 10.0. The van der Waals surface area contributed by atoms with Crippen LogP contribution < -0.4 is 30.0 Å². The van der Waals surface area contributed by atoms with Gasteiger partial charge in [0.1, 0.15) is 54.9 Å². The summed E-state index contributed by atoms with van der Waals surface area (Å²) < 4.78 is 66.5. The minimum atomic E-state index is -1.58. The Bertz CT molecular complexity index is 2490. The van der Waals surface area contributed by atoms with E-state index in [0.29, 0.717) is 5.52 Å². The van der Waals surface area contributed by atoms with E-state index in [1.54, 1.807) is 54.5 Å². The number of fused-ring (bicyclic) bond motifs is 5. The van der Waals surface area contributed by atoms with Gasteiger partial charge in [-0.05, 0) is 64.3 Å². The van der Waals surface area contributed by atoms with Crippen molar-refractivity contribution in [2.75, 3.05) is 42.7 Å². The Kier molecular flexibility index (Phi) is 11.2. The molecule has 1 aromatic heterocycles. The number of benzene rings is 3. The van der Waals surface area contributed by atoms with Gasteiger partial charge in [0.2, 0.25) is 5.43 Å². The van der Waals surface area contributed by atoms with Crippen molar-refractivity contribution in [3.63, 3.8) is 0 Å². The fraction of sp³-hybridized carbons (Fsp3) is 0.432. The third kappa shape index (κ3) is 8.82. The number of aromatic nitrogens is 1. The van der Waals surface area contributed by atoms with Gasteiger partial charge in [-0.1, -0.05) is 30.3 Å². The van der Waals surface area contributed by atoms with Crippen LogP contribution in [-0.2, 0) is 30.3 Å². The molecule has 0 unspecified atom stereocenters. The molecule has 8 rings (SSSR count). The number of halogens is 2. The molecule has 1 saturated carbocycles. The first kappa shape index (κ1) is 42.3. The number of nitrogens with zero attached hydrogens (tertiary/aromatic N) is 3. The highest BCUT2D eigenvalue weighted by atomic mass is 19.1. The topological polar surface area (TPSA) is 184 Å². The van der Waals surface area contributed by atoms with Crippen molar-refractivity contribution in [3.8, 4) is 11.5 Å². The molecule has 4 aliphatic rings. The van der Waals surface area contributed by atoms with E-state index in [1.807, 2.05) is 6.07 Å². The molecule has 4 atom stereocenters. The summed E-state index contributed by atoms with van der Waals surface area (Å²) in [6, 6.07) is 12.3. The fourth-order valence-corrected chi connectivity index (χ4v) is 7.84. The second-order valence-electron chi connectivity index (χ2n) is 17.0. The minimum absolute atomic E-state index is 0.0297. The number of hydrogen-bond acceptors (Lipinski definition) is 13. The molecule has 0 radical (unpaired) electrons. The third-order valence-electron chi connectivity index (χ3n) is 10.9. The number of ether oxygens (including phenoxy) is 6. The number of carbonyl (C=O) groups excluding carboxylic acids is 4. The number of cyclic esters (lactones) is 1.